The van der Waals surface area contributed by atoms with E-state index in [9.17, 15) is 23.1 Å². The molecule has 10 heteroatoms. The second kappa shape index (κ2) is 7.52. The van der Waals surface area contributed by atoms with E-state index in [0.717, 1.165) is 12.1 Å². The van der Waals surface area contributed by atoms with E-state index < -0.39 is 23.4 Å². The minimum Gasteiger partial charge on any atom is -0.507 e. The number of aromatic hydroxyl groups is 1. The largest absolute Gasteiger partial charge is 0.507 e. The summed E-state index contributed by atoms with van der Waals surface area (Å²) in [5.74, 6) is -0.889. The lowest BCUT2D eigenvalue weighted by Crippen LogP contribution is -2.28. The summed E-state index contributed by atoms with van der Waals surface area (Å²) in [6.45, 7) is 3.31. The Kier molecular flexibility index (Phi) is 5.58. The molecule has 144 valence electrons. The van der Waals surface area contributed by atoms with Gasteiger partial charge in [0.25, 0.3) is 5.91 Å². The number of phenolic OH excluding ortho intramolecular Hbond substituents is 1. The van der Waals surface area contributed by atoms with E-state index in [1.54, 1.807) is 19.0 Å². The number of rotatable bonds is 5. The Labute approximate surface area is 153 Å². The molecule has 7 nitrogen and oxygen atoms in total. The zero-order valence-electron chi connectivity index (χ0n) is 14.6. The first-order valence-electron chi connectivity index (χ1n) is 7.67. The number of nitrogens with two attached hydrogens (primary N) is 1. The third-order valence-electron chi connectivity index (χ3n) is 3.49. The average molecular weight is 381 g/mol. The first-order valence-corrected chi connectivity index (χ1v) is 7.67. The monoisotopic (exact) mass is 381 g/mol. The zero-order chi connectivity index (χ0) is 20.4. The average Bonchev–Trinajstić information content (AvgIpc) is 2.58. The summed E-state index contributed by atoms with van der Waals surface area (Å²) < 4.78 is 38.3. The molecule has 0 fully saturated rings. The van der Waals surface area contributed by atoms with Gasteiger partial charge in [-0.25, -0.2) is 9.97 Å². The predicted molar refractivity (Wildman–Crippen MR) is 93.6 cm³/mol. The third kappa shape index (κ3) is 4.87. The van der Waals surface area contributed by atoms with E-state index in [-0.39, 0.29) is 29.4 Å². The molecule has 4 N–H and O–H groups in total. The highest BCUT2D eigenvalue weighted by atomic mass is 19.4. The molecule has 0 aliphatic rings. The zero-order valence-corrected chi connectivity index (χ0v) is 14.6. The number of phenols is 1. The van der Waals surface area contributed by atoms with Crippen molar-refractivity contribution >= 4 is 11.9 Å². The standard InChI is InChI=1S/C17H18F3N5O2/c1-9(21)15(27)22-8-11-7-13(24-16(23-11)25(2)3)12-5-4-10(6-14(12)26)17(18,19)20/h4-7,26H,1,8,21H2,2-3H3,(H,22,27). The number of alkyl halides is 3. The number of halogens is 3. The van der Waals surface area contributed by atoms with Gasteiger partial charge in [0.05, 0.1) is 29.2 Å². The highest BCUT2D eigenvalue weighted by molar-refractivity contribution is 5.91. The van der Waals surface area contributed by atoms with Crippen molar-refractivity contribution in [1.82, 2.24) is 15.3 Å². The number of carbonyl (C=O) groups excluding carboxylic acids is 1. The molecule has 2 rings (SSSR count). The van der Waals surface area contributed by atoms with Crippen molar-refractivity contribution < 1.29 is 23.1 Å². The fourth-order valence-electron chi connectivity index (χ4n) is 2.12. The van der Waals surface area contributed by atoms with Gasteiger partial charge >= 0.3 is 6.18 Å². The van der Waals surface area contributed by atoms with E-state index in [4.69, 9.17) is 5.73 Å². The molecule has 2 aromatic rings. The van der Waals surface area contributed by atoms with Crippen molar-refractivity contribution in [3.63, 3.8) is 0 Å². The third-order valence-corrected chi connectivity index (χ3v) is 3.49. The summed E-state index contributed by atoms with van der Waals surface area (Å²) in [6, 6.07) is 4.07. The molecule has 0 bridgehead atoms. The first-order chi connectivity index (χ1) is 12.5. The number of nitrogens with zero attached hydrogens (tertiary/aromatic N) is 3. The lowest BCUT2D eigenvalue weighted by molar-refractivity contribution is -0.137. The van der Waals surface area contributed by atoms with Crippen molar-refractivity contribution in [1.29, 1.82) is 0 Å². The van der Waals surface area contributed by atoms with Gasteiger partial charge in [-0.3, -0.25) is 4.79 Å². The van der Waals surface area contributed by atoms with Gasteiger partial charge < -0.3 is 21.1 Å². The van der Waals surface area contributed by atoms with Gasteiger partial charge in [-0.15, -0.1) is 0 Å². The molecule has 0 saturated carbocycles. The fraction of sp³-hybridized carbons (Fsp3) is 0.235. The van der Waals surface area contributed by atoms with Crippen LogP contribution in [0.4, 0.5) is 19.1 Å². The van der Waals surface area contributed by atoms with Crippen molar-refractivity contribution in [2.45, 2.75) is 12.7 Å². The molecule has 0 unspecified atom stereocenters. The Morgan fingerprint density at radius 3 is 2.48 bits per heavy atom. The molecule has 0 aliphatic carbocycles. The molecule has 0 atom stereocenters. The Morgan fingerprint density at radius 2 is 1.96 bits per heavy atom. The van der Waals surface area contributed by atoms with Gasteiger partial charge in [0.2, 0.25) is 5.95 Å². The maximum atomic E-state index is 12.8. The number of anilines is 1. The SMILES string of the molecule is C=C(N)C(=O)NCc1cc(-c2ccc(C(F)(F)F)cc2O)nc(N(C)C)n1. The van der Waals surface area contributed by atoms with Gasteiger partial charge in [0, 0.05) is 19.7 Å². The fourth-order valence-corrected chi connectivity index (χ4v) is 2.12. The maximum absolute atomic E-state index is 12.8. The minimum absolute atomic E-state index is 0.00713. The summed E-state index contributed by atoms with van der Waals surface area (Å²) in [5.41, 5.74) is 4.83. The Morgan fingerprint density at radius 1 is 1.30 bits per heavy atom. The summed E-state index contributed by atoms with van der Waals surface area (Å²) in [4.78, 5) is 21.6. The summed E-state index contributed by atoms with van der Waals surface area (Å²) in [7, 11) is 3.35. The van der Waals surface area contributed by atoms with Crippen LogP contribution in [0.2, 0.25) is 0 Å². The normalized spacial score (nSPS) is 11.1. The van der Waals surface area contributed by atoms with E-state index in [1.807, 2.05) is 0 Å². The van der Waals surface area contributed by atoms with Crippen LogP contribution in [-0.2, 0) is 17.5 Å². The topological polar surface area (TPSA) is 104 Å². The number of hydrogen-bond donors (Lipinski definition) is 3. The Bertz CT molecular complexity index is 881. The van der Waals surface area contributed by atoms with Crippen LogP contribution in [0.3, 0.4) is 0 Å². The molecule has 1 aromatic carbocycles. The van der Waals surface area contributed by atoms with Crippen molar-refractivity contribution in [3.05, 3.63) is 47.8 Å². The first kappa shape index (κ1) is 20.0. The van der Waals surface area contributed by atoms with E-state index in [1.165, 1.54) is 6.07 Å². The van der Waals surface area contributed by atoms with Crippen molar-refractivity contribution in [2.75, 3.05) is 19.0 Å². The lowest BCUT2D eigenvalue weighted by atomic mass is 10.1. The van der Waals surface area contributed by atoms with Crippen LogP contribution in [0, 0.1) is 0 Å². The molecule has 0 saturated heterocycles. The maximum Gasteiger partial charge on any atom is 0.416 e. The number of aromatic nitrogens is 2. The Hall–Kier alpha value is -3.30. The molecule has 1 aromatic heterocycles. The van der Waals surface area contributed by atoms with Gasteiger partial charge in [0.1, 0.15) is 5.75 Å². The lowest BCUT2D eigenvalue weighted by Gasteiger charge is -2.15. The predicted octanol–water partition coefficient (Wildman–Crippen LogP) is 2.02. The number of carbonyl (C=O) groups is 1. The number of benzene rings is 1. The number of hydrogen-bond acceptors (Lipinski definition) is 6. The van der Waals surface area contributed by atoms with Crippen LogP contribution in [0.1, 0.15) is 11.3 Å². The van der Waals surface area contributed by atoms with E-state index >= 15 is 0 Å². The van der Waals surface area contributed by atoms with Gasteiger partial charge in [-0.05, 0) is 24.3 Å². The summed E-state index contributed by atoms with van der Waals surface area (Å²) >= 11 is 0. The van der Waals surface area contributed by atoms with E-state index in [0.29, 0.717) is 11.8 Å². The van der Waals surface area contributed by atoms with Gasteiger partial charge in [-0.2, -0.15) is 13.2 Å². The van der Waals surface area contributed by atoms with Crippen LogP contribution >= 0.6 is 0 Å². The van der Waals surface area contributed by atoms with Gasteiger partial charge in [-0.1, -0.05) is 6.58 Å². The van der Waals surface area contributed by atoms with Crippen LogP contribution in [0.15, 0.2) is 36.5 Å². The molecule has 27 heavy (non-hydrogen) atoms. The number of nitrogens with one attached hydrogen (secondary N) is 1. The molecular weight excluding hydrogens is 363 g/mol. The van der Waals surface area contributed by atoms with Crippen molar-refractivity contribution in [3.8, 4) is 17.0 Å². The smallest absolute Gasteiger partial charge is 0.416 e. The van der Waals surface area contributed by atoms with E-state index in [2.05, 4.69) is 21.9 Å². The molecule has 1 heterocycles. The quantitative estimate of drug-likeness (QED) is 0.685. The molecule has 0 radical (unpaired) electrons. The summed E-state index contributed by atoms with van der Waals surface area (Å²) in [5, 5.41) is 12.6. The molecule has 0 aliphatic heterocycles. The Balaban J connectivity index is 2.44. The van der Waals surface area contributed by atoms with Crippen LogP contribution in [0.25, 0.3) is 11.3 Å². The van der Waals surface area contributed by atoms with Gasteiger partial charge in [0.15, 0.2) is 0 Å². The minimum atomic E-state index is -4.57. The van der Waals surface area contributed by atoms with Crippen LogP contribution in [0.5, 0.6) is 5.75 Å². The van der Waals surface area contributed by atoms with Crippen molar-refractivity contribution in [2.24, 2.45) is 5.73 Å². The molecule has 0 spiro atoms. The second-order valence-corrected chi connectivity index (χ2v) is 5.88. The molecular formula is C17H18F3N5O2. The van der Waals surface area contributed by atoms with Crippen LogP contribution < -0.4 is 16.0 Å². The van der Waals surface area contributed by atoms with Crippen LogP contribution in [-0.4, -0.2) is 35.1 Å². The molecule has 1 amide bonds. The second-order valence-electron chi connectivity index (χ2n) is 5.88. The highest BCUT2D eigenvalue weighted by Crippen LogP contribution is 2.36. The summed E-state index contributed by atoms with van der Waals surface area (Å²) in [6.07, 6.45) is -4.57. The number of amides is 1. The highest BCUT2D eigenvalue weighted by Gasteiger charge is 2.31.